The van der Waals surface area contributed by atoms with Crippen molar-refractivity contribution in [1.29, 1.82) is 0 Å². The van der Waals surface area contributed by atoms with Crippen LogP contribution >= 0.6 is 0 Å². The van der Waals surface area contributed by atoms with E-state index in [1.807, 2.05) is 0 Å². The van der Waals surface area contributed by atoms with Gasteiger partial charge in [-0.15, -0.1) is 0 Å². The summed E-state index contributed by atoms with van der Waals surface area (Å²) in [4.78, 5) is 13.6. The van der Waals surface area contributed by atoms with Crippen molar-refractivity contribution in [2.75, 3.05) is 18.1 Å². The fraction of sp³-hybridized carbons (Fsp3) is 0.381. The molecule has 0 radical (unpaired) electrons. The summed E-state index contributed by atoms with van der Waals surface area (Å²) in [7, 11) is 0. The van der Waals surface area contributed by atoms with E-state index in [0.717, 1.165) is 38.6 Å². The van der Waals surface area contributed by atoms with Crippen molar-refractivity contribution in [2.24, 2.45) is 0 Å². The number of nitrogens with zero attached hydrogens (tertiary/aromatic N) is 1. The highest BCUT2D eigenvalue weighted by molar-refractivity contribution is 5.79. The summed E-state index contributed by atoms with van der Waals surface area (Å²) in [5, 5.41) is 8.79. The number of para-hydroxylation sites is 2. The maximum Gasteiger partial charge on any atom is 0.158 e. The van der Waals surface area contributed by atoms with Crippen molar-refractivity contribution in [2.45, 2.75) is 38.5 Å². The van der Waals surface area contributed by atoms with Crippen molar-refractivity contribution in [3.05, 3.63) is 59.7 Å². The largest absolute Gasteiger partial charge is 0.389 e. The van der Waals surface area contributed by atoms with Gasteiger partial charge in [0.15, 0.2) is 5.78 Å². The van der Waals surface area contributed by atoms with Gasteiger partial charge in [0.05, 0.1) is 0 Å². The van der Waals surface area contributed by atoms with Crippen molar-refractivity contribution >= 4 is 17.2 Å². The highest BCUT2D eigenvalue weighted by atomic mass is 16.3. The lowest BCUT2D eigenvalue weighted by Gasteiger charge is -2.27. The third kappa shape index (κ3) is 3.85. The van der Waals surface area contributed by atoms with Crippen LogP contribution in [0.3, 0.4) is 0 Å². The Labute approximate surface area is 143 Å². The minimum atomic E-state index is -0.327. The molecule has 0 bridgehead atoms. The van der Waals surface area contributed by atoms with Gasteiger partial charge < -0.3 is 10.0 Å². The lowest BCUT2D eigenvalue weighted by molar-refractivity contribution is -0.121. The molecule has 0 spiro atoms. The second kappa shape index (κ2) is 8.11. The van der Waals surface area contributed by atoms with Gasteiger partial charge in [-0.3, -0.25) is 4.79 Å². The number of fused-ring (bicyclic) bond motifs is 2. The Balaban J connectivity index is 1.72. The van der Waals surface area contributed by atoms with Gasteiger partial charge in [-0.2, -0.15) is 0 Å². The van der Waals surface area contributed by atoms with Crippen molar-refractivity contribution in [3.8, 4) is 0 Å². The first-order valence-electron chi connectivity index (χ1n) is 8.85. The molecule has 3 rings (SSSR count). The van der Waals surface area contributed by atoms with E-state index in [4.69, 9.17) is 5.11 Å². The third-order valence-corrected chi connectivity index (χ3v) is 4.74. The minimum absolute atomic E-state index is 0.0551. The van der Waals surface area contributed by atoms with Gasteiger partial charge in [0.1, 0.15) is 6.61 Å². The first-order chi connectivity index (χ1) is 11.8. The summed E-state index contributed by atoms with van der Waals surface area (Å²) in [5.41, 5.74) is 5.44. The summed E-state index contributed by atoms with van der Waals surface area (Å²) in [6.45, 7) is 0.633. The van der Waals surface area contributed by atoms with Crippen molar-refractivity contribution < 1.29 is 9.90 Å². The molecule has 0 unspecified atom stereocenters. The molecule has 0 saturated carbocycles. The molecule has 0 atom stereocenters. The van der Waals surface area contributed by atoms with Crippen LogP contribution in [0.2, 0.25) is 0 Å². The van der Waals surface area contributed by atoms with Gasteiger partial charge in [-0.25, -0.2) is 0 Å². The van der Waals surface area contributed by atoms with Gasteiger partial charge in [0.25, 0.3) is 0 Å². The molecule has 0 fully saturated rings. The maximum absolute atomic E-state index is 11.2. The Kier molecular flexibility index (Phi) is 5.65. The average Bonchev–Trinajstić information content (AvgIpc) is 2.78. The fourth-order valence-electron chi connectivity index (χ4n) is 3.46. The van der Waals surface area contributed by atoms with Gasteiger partial charge in [-0.1, -0.05) is 42.8 Å². The average molecular weight is 323 g/mol. The Morgan fingerprint density at radius 2 is 1.46 bits per heavy atom. The molecule has 1 N–H and O–H groups in total. The predicted molar refractivity (Wildman–Crippen MR) is 97.9 cm³/mol. The number of anilines is 2. The molecule has 1 aliphatic rings. The summed E-state index contributed by atoms with van der Waals surface area (Å²) in [6.07, 6.45) is 5.55. The molecule has 1 heterocycles. The number of aryl methyl sites for hydroxylation is 2. The number of aliphatic hydroxyl groups excluding tert-OH is 1. The van der Waals surface area contributed by atoms with E-state index in [1.165, 1.54) is 22.5 Å². The molecule has 2 aromatic rings. The topological polar surface area (TPSA) is 40.5 Å². The minimum Gasteiger partial charge on any atom is -0.389 e. The van der Waals surface area contributed by atoms with Crippen LogP contribution in [0.5, 0.6) is 0 Å². The quantitative estimate of drug-likeness (QED) is 0.782. The van der Waals surface area contributed by atoms with Crippen LogP contribution in [0.4, 0.5) is 11.4 Å². The Morgan fingerprint density at radius 3 is 2.04 bits per heavy atom. The lowest BCUT2D eigenvalue weighted by Crippen LogP contribution is -2.19. The van der Waals surface area contributed by atoms with E-state index < -0.39 is 0 Å². The smallest absolute Gasteiger partial charge is 0.158 e. The number of rotatable bonds is 7. The molecular formula is C21H25NO2. The van der Waals surface area contributed by atoms with Gasteiger partial charge in [0, 0.05) is 24.3 Å². The number of benzene rings is 2. The zero-order chi connectivity index (χ0) is 16.8. The first kappa shape index (κ1) is 16.7. The standard InChI is InChI=1S/C21H25NO2/c23-16-19(24)10-2-1-7-15-22-20-11-5-3-8-17(20)13-14-18-9-4-6-12-21(18)22/h3-6,8-9,11-12,23H,1-2,7,10,13-16H2. The van der Waals surface area contributed by atoms with E-state index in [2.05, 4.69) is 53.4 Å². The zero-order valence-corrected chi connectivity index (χ0v) is 14.1. The van der Waals surface area contributed by atoms with Crippen LogP contribution in [0.15, 0.2) is 48.5 Å². The molecule has 24 heavy (non-hydrogen) atoms. The number of Topliss-reactive ketones (excluding diaryl/α,β-unsaturated/α-hetero) is 1. The summed E-state index contributed by atoms with van der Waals surface area (Å²) >= 11 is 0. The van der Waals surface area contributed by atoms with Crippen LogP contribution < -0.4 is 4.90 Å². The maximum atomic E-state index is 11.2. The molecule has 0 amide bonds. The van der Waals surface area contributed by atoms with Gasteiger partial charge in [0.2, 0.25) is 0 Å². The number of aliphatic hydroxyl groups is 1. The molecule has 0 aliphatic carbocycles. The number of unbranched alkanes of at least 4 members (excludes halogenated alkanes) is 2. The summed E-state index contributed by atoms with van der Waals surface area (Å²) in [6, 6.07) is 17.3. The molecule has 0 saturated heterocycles. The van der Waals surface area contributed by atoms with Crippen molar-refractivity contribution in [3.63, 3.8) is 0 Å². The van der Waals surface area contributed by atoms with E-state index in [-0.39, 0.29) is 12.4 Å². The van der Waals surface area contributed by atoms with E-state index in [0.29, 0.717) is 6.42 Å². The fourth-order valence-corrected chi connectivity index (χ4v) is 3.46. The van der Waals surface area contributed by atoms with Crippen LogP contribution in [0.25, 0.3) is 0 Å². The molecule has 1 aliphatic heterocycles. The Hall–Kier alpha value is -2.13. The monoisotopic (exact) mass is 323 g/mol. The van der Waals surface area contributed by atoms with E-state index >= 15 is 0 Å². The lowest BCUT2D eigenvalue weighted by atomic mass is 10.0. The molecule has 126 valence electrons. The first-order valence-corrected chi connectivity index (χ1v) is 8.85. The van der Waals surface area contributed by atoms with Crippen LogP contribution in [0, 0.1) is 0 Å². The molecular weight excluding hydrogens is 298 g/mol. The van der Waals surface area contributed by atoms with Crippen molar-refractivity contribution in [1.82, 2.24) is 0 Å². The molecule has 0 aromatic heterocycles. The van der Waals surface area contributed by atoms with Crippen LogP contribution in [-0.4, -0.2) is 24.0 Å². The molecule has 3 nitrogen and oxygen atoms in total. The number of carbonyl (C=O) groups excluding carboxylic acids is 1. The van der Waals surface area contributed by atoms with E-state index in [9.17, 15) is 4.79 Å². The summed E-state index contributed by atoms with van der Waals surface area (Å²) < 4.78 is 0. The third-order valence-electron chi connectivity index (χ3n) is 4.74. The second-order valence-corrected chi connectivity index (χ2v) is 6.42. The highest BCUT2D eigenvalue weighted by Gasteiger charge is 2.19. The highest BCUT2D eigenvalue weighted by Crippen LogP contribution is 2.36. The number of hydrogen-bond donors (Lipinski definition) is 1. The predicted octanol–water partition coefficient (Wildman–Crippen LogP) is 4.05. The molecule has 2 aromatic carbocycles. The molecule has 3 heteroatoms. The Morgan fingerprint density at radius 1 is 0.875 bits per heavy atom. The van der Waals surface area contributed by atoms with E-state index in [1.54, 1.807) is 0 Å². The van der Waals surface area contributed by atoms with Crippen LogP contribution in [0.1, 0.15) is 36.8 Å². The second-order valence-electron chi connectivity index (χ2n) is 6.42. The van der Waals surface area contributed by atoms with Gasteiger partial charge in [-0.05, 0) is 48.9 Å². The number of hydrogen-bond acceptors (Lipinski definition) is 3. The number of carbonyl (C=O) groups is 1. The Bertz CT molecular complexity index is 648. The normalized spacial score (nSPS) is 13.1. The van der Waals surface area contributed by atoms with Crippen LogP contribution in [-0.2, 0) is 17.6 Å². The SMILES string of the molecule is O=C(CO)CCCCCN1c2ccccc2CCc2ccccc21. The number of ketones is 1. The summed E-state index contributed by atoms with van der Waals surface area (Å²) in [5.74, 6) is -0.0551. The zero-order valence-electron chi connectivity index (χ0n) is 14.1. The van der Waals surface area contributed by atoms with Gasteiger partial charge >= 0.3 is 0 Å².